The number of hydrogen-bond acceptors (Lipinski definition) is 4. The number of amides is 2. The van der Waals surface area contributed by atoms with E-state index in [2.05, 4.69) is 69.4 Å². The van der Waals surface area contributed by atoms with Crippen LogP contribution in [0.1, 0.15) is 42.0 Å². The highest BCUT2D eigenvalue weighted by Gasteiger charge is 2.58. The molecule has 6 nitrogen and oxygen atoms in total. The quantitative estimate of drug-likeness (QED) is 0.221. The first-order valence-electron chi connectivity index (χ1n) is 14.3. The van der Waals surface area contributed by atoms with Crippen molar-refractivity contribution in [3.05, 3.63) is 99.1 Å². The van der Waals surface area contributed by atoms with Gasteiger partial charge in [0.2, 0.25) is 11.8 Å². The average molecular weight is 666 g/mol. The summed E-state index contributed by atoms with van der Waals surface area (Å²) in [5.74, 6) is -0.119. The number of aryl methyl sites for hydroxylation is 1. The van der Waals surface area contributed by atoms with Gasteiger partial charge in [-0.3, -0.25) is 9.59 Å². The number of carbonyl (C=O) groups is 2. The Morgan fingerprint density at radius 2 is 1.81 bits per heavy atom. The van der Waals surface area contributed by atoms with Crippen molar-refractivity contribution in [1.29, 1.82) is 0 Å². The summed E-state index contributed by atoms with van der Waals surface area (Å²) in [5, 5.41) is 5.00. The molecule has 42 heavy (non-hydrogen) atoms. The van der Waals surface area contributed by atoms with Gasteiger partial charge in [0, 0.05) is 49.6 Å². The second-order valence-corrected chi connectivity index (χ2v) is 14.3. The van der Waals surface area contributed by atoms with Crippen LogP contribution in [0.3, 0.4) is 0 Å². The zero-order valence-corrected chi connectivity index (χ0v) is 26.9. The Labute approximate surface area is 264 Å². The maximum Gasteiger partial charge on any atom is 0.239 e. The van der Waals surface area contributed by atoms with Crippen molar-refractivity contribution in [2.45, 2.75) is 54.5 Å². The predicted octanol–water partition coefficient (Wildman–Crippen LogP) is 7.11. The number of benzene rings is 3. The number of thioether (sulfide) groups is 1. The second kappa shape index (κ2) is 12.1. The molecule has 2 N–H and O–H groups in total. The van der Waals surface area contributed by atoms with Crippen molar-refractivity contribution in [1.82, 2.24) is 20.1 Å². The van der Waals surface area contributed by atoms with Crippen molar-refractivity contribution < 1.29 is 9.59 Å². The van der Waals surface area contributed by atoms with E-state index < -0.39 is 10.8 Å². The van der Waals surface area contributed by atoms with Crippen LogP contribution < -0.4 is 5.32 Å². The largest absolute Gasteiger partial charge is 0.361 e. The minimum Gasteiger partial charge on any atom is -0.361 e. The van der Waals surface area contributed by atoms with Crippen molar-refractivity contribution in [3.8, 4) is 0 Å². The molecule has 1 aromatic heterocycles. The molecule has 2 amide bonds. The Kier molecular flexibility index (Phi) is 8.42. The number of H-pyrrole nitrogens is 1. The maximum absolute atomic E-state index is 14.7. The van der Waals surface area contributed by atoms with E-state index in [0.29, 0.717) is 11.6 Å². The standard InChI is InChI=1S/C33H34BrClN4O2S/c1-21-3-10-26(11-4-21)42-33(32(41)37-25-13-15-38(2)16-14-25)18-30(40)39(20-22-5-7-23(34)8-6-22)31(33)28-19-36-29-17-24(35)9-12-27(28)29/h3-12,17,19,25,31,36H,13-16,18,20H2,1-2H3,(H,37,41)/t31-,33?/m0/s1. The molecule has 4 aromatic rings. The number of hydrogen-bond donors (Lipinski definition) is 2. The van der Waals surface area contributed by atoms with Crippen molar-refractivity contribution in [2.75, 3.05) is 20.1 Å². The molecule has 0 radical (unpaired) electrons. The Morgan fingerprint density at radius 1 is 1.10 bits per heavy atom. The lowest BCUT2D eigenvalue weighted by Gasteiger charge is -2.38. The van der Waals surface area contributed by atoms with Crippen LogP contribution in [0.4, 0.5) is 0 Å². The number of piperidine rings is 1. The monoisotopic (exact) mass is 664 g/mol. The van der Waals surface area contributed by atoms with Crippen LogP contribution in [0.5, 0.6) is 0 Å². The summed E-state index contributed by atoms with van der Waals surface area (Å²) in [6.07, 6.45) is 3.83. The highest BCUT2D eigenvalue weighted by atomic mass is 79.9. The zero-order valence-electron chi connectivity index (χ0n) is 23.7. The van der Waals surface area contributed by atoms with Gasteiger partial charge in [0.25, 0.3) is 0 Å². The average Bonchev–Trinajstić information content (AvgIpc) is 3.50. The topological polar surface area (TPSA) is 68.4 Å². The molecule has 0 spiro atoms. The summed E-state index contributed by atoms with van der Waals surface area (Å²) in [6.45, 7) is 4.32. The number of likely N-dealkylation sites (tertiary alicyclic amines) is 2. The first kappa shape index (κ1) is 29.3. The summed E-state index contributed by atoms with van der Waals surface area (Å²) in [5.41, 5.74) is 3.95. The van der Waals surface area contributed by atoms with E-state index in [9.17, 15) is 9.59 Å². The molecule has 9 heteroatoms. The number of carbonyl (C=O) groups excluding carboxylic acids is 2. The number of nitrogens with one attached hydrogen (secondary N) is 2. The van der Waals surface area contributed by atoms with Gasteiger partial charge in [-0.15, -0.1) is 11.8 Å². The molecular formula is C33H34BrClN4O2S. The molecule has 2 atom stereocenters. The highest BCUT2D eigenvalue weighted by molar-refractivity contribution is 9.10. The van der Waals surface area contributed by atoms with E-state index in [1.54, 1.807) is 0 Å². The molecule has 0 bridgehead atoms. The molecular weight excluding hydrogens is 632 g/mol. The maximum atomic E-state index is 14.7. The van der Waals surface area contributed by atoms with E-state index in [1.165, 1.54) is 11.8 Å². The van der Waals surface area contributed by atoms with E-state index >= 15 is 0 Å². The summed E-state index contributed by atoms with van der Waals surface area (Å²) < 4.78 is -0.106. The van der Waals surface area contributed by atoms with Crippen molar-refractivity contribution >= 4 is 62.0 Å². The van der Waals surface area contributed by atoms with Gasteiger partial charge in [0.15, 0.2) is 0 Å². The Hall–Kier alpha value is -2.78. The van der Waals surface area contributed by atoms with Gasteiger partial charge in [-0.2, -0.15) is 0 Å². The first-order valence-corrected chi connectivity index (χ1v) is 16.3. The van der Waals surface area contributed by atoms with Gasteiger partial charge in [-0.1, -0.05) is 63.4 Å². The van der Waals surface area contributed by atoms with E-state index in [1.807, 2.05) is 53.6 Å². The van der Waals surface area contributed by atoms with Gasteiger partial charge in [0.1, 0.15) is 4.75 Å². The fourth-order valence-corrected chi connectivity index (χ4v) is 8.01. The number of rotatable bonds is 7. The van der Waals surface area contributed by atoms with Gasteiger partial charge in [0.05, 0.1) is 12.5 Å². The van der Waals surface area contributed by atoms with Gasteiger partial charge in [-0.05, 0) is 81.9 Å². The molecule has 3 aromatic carbocycles. The van der Waals surface area contributed by atoms with Crippen LogP contribution in [-0.4, -0.2) is 57.5 Å². The molecule has 218 valence electrons. The summed E-state index contributed by atoms with van der Waals surface area (Å²) in [7, 11) is 2.11. The molecule has 0 saturated carbocycles. The number of aromatic amines is 1. The van der Waals surface area contributed by atoms with E-state index in [-0.39, 0.29) is 24.3 Å². The smallest absolute Gasteiger partial charge is 0.239 e. The lowest BCUT2D eigenvalue weighted by atomic mass is 9.90. The van der Waals surface area contributed by atoms with Crippen LogP contribution in [-0.2, 0) is 16.1 Å². The van der Waals surface area contributed by atoms with Crippen LogP contribution >= 0.6 is 39.3 Å². The molecule has 2 aliphatic rings. The highest BCUT2D eigenvalue weighted by Crippen LogP contribution is 2.54. The fraction of sp³-hybridized carbons (Fsp3) is 0.333. The Balaban J connectivity index is 1.48. The third kappa shape index (κ3) is 5.87. The number of nitrogens with zero attached hydrogens (tertiary/aromatic N) is 2. The predicted molar refractivity (Wildman–Crippen MR) is 174 cm³/mol. The number of aromatic nitrogens is 1. The SMILES string of the molecule is Cc1ccc(SC2(C(=O)NC3CCN(C)CC3)CC(=O)N(Cc3ccc(Br)cc3)[C@H]2c2c[nH]c3cc(Cl)ccc23)cc1. The van der Waals surface area contributed by atoms with Crippen LogP contribution in [0.25, 0.3) is 10.9 Å². The van der Waals surface area contributed by atoms with E-state index in [4.69, 9.17) is 11.6 Å². The Bertz CT molecular complexity index is 1600. The first-order chi connectivity index (χ1) is 20.2. The minimum absolute atomic E-state index is 0.0376. The third-order valence-electron chi connectivity index (χ3n) is 8.48. The third-order valence-corrected chi connectivity index (χ3v) is 10.7. The van der Waals surface area contributed by atoms with Crippen LogP contribution in [0.15, 0.2) is 82.3 Å². The van der Waals surface area contributed by atoms with Gasteiger partial charge < -0.3 is 20.1 Å². The molecule has 3 heterocycles. The molecule has 1 unspecified atom stereocenters. The second-order valence-electron chi connectivity index (χ2n) is 11.5. The van der Waals surface area contributed by atoms with Gasteiger partial charge >= 0.3 is 0 Å². The van der Waals surface area contributed by atoms with Gasteiger partial charge in [-0.25, -0.2) is 0 Å². The molecule has 2 saturated heterocycles. The summed E-state index contributed by atoms with van der Waals surface area (Å²) >= 11 is 11.4. The zero-order chi connectivity index (χ0) is 29.4. The van der Waals surface area contributed by atoms with Crippen LogP contribution in [0.2, 0.25) is 5.02 Å². The lowest BCUT2D eigenvalue weighted by Crippen LogP contribution is -2.53. The lowest BCUT2D eigenvalue weighted by molar-refractivity contribution is -0.129. The normalized spacial score (nSPS) is 21.8. The summed E-state index contributed by atoms with van der Waals surface area (Å²) in [4.78, 5) is 37.4. The number of fused-ring (bicyclic) bond motifs is 1. The molecule has 0 aliphatic carbocycles. The number of halogens is 2. The fourth-order valence-electron chi connectivity index (χ4n) is 6.17. The van der Waals surface area contributed by atoms with E-state index in [0.717, 1.165) is 62.9 Å². The Morgan fingerprint density at radius 3 is 2.52 bits per heavy atom. The van der Waals surface area contributed by atoms with Crippen molar-refractivity contribution in [3.63, 3.8) is 0 Å². The molecule has 6 rings (SSSR count). The van der Waals surface area contributed by atoms with Crippen LogP contribution in [0, 0.1) is 6.92 Å². The molecule has 2 fully saturated rings. The molecule has 2 aliphatic heterocycles. The van der Waals surface area contributed by atoms with Crippen molar-refractivity contribution in [2.24, 2.45) is 0 Å². The minimum atomic E-state index is -1.08. The summed E-state index contributed by atoms with van der Waals surface area (Å²) in [6, 6.07) is 21.5.